The molecule has 4 nitrogen and oxygen atoms in total. The largest absolute Gasteiger partial charge is 0.504 e. The third-order valence-corrected chi connectivity index (χ3v) is 2.35. The molecule has 0 unspecified atom stereocenters. The molecule has 88 valence electrons. The van der Waals surface area contributed by atoms with Crippen molar-refractivity contribution in [1.82, 2.24) is 0 Å². The zero-order valence-electron chi connectivity index (χ0n) is 9.34. The van der Waals surface area contributed by atoms with Crippen LogP contribution in [0.25, 0.3) is 0 Å². The highest BCUT2D eigenvalue weighted by Gasteiger charge is 2.09. The zero-order chi connectivity index (χ0) is 12.3. The van der Waals surface area contributed by atoms with Gasteiger partial charge in [-0.15, -0.1) is 0 Å². The molecular formula is C13H13NO3. The number of hydrogen-bond acceptors (Lipinski definition) is 4. The van der Waals surface area contributed by atoms with Crippen molar-refractivity contribution < 1.29 is 14.9 Å². The van der Waals surface area contributed by atoms with Crippen molar-refractivity contribution in [3.05, 3.63) is 42.5 Å². The van der Waals surface area contributed by atoms with E-state index >= 15 is 0 Å². The predicted octanol–water partition coefficient (Wildman–Crippen LogP) is 2.85. The van der Waals surface area contributed by atoms with E-state index in [-0.39, 0.29) is 11.5 Å². The summed E-state index contributed by atoms with van der Waals surface area (Å²) in [7, 11) is 1.50. The average Bonchev–Trinajstić information content (AvgIpc) is 2.35. The fourth-order valence-corrected chi connectivity index (χ4v) is 1.50. The summed E-state index contributed by atoms with van der Waals surface area (Å²) in [5, 5.41) is 21.9. The summed E-state index contributed by atoms with van der Waals surface area (Å²) in [5.74, 6) is 0.0637. The SMILES string of the molecule is COc1cc(O)c(O)cc1Nc1ccccc1. The van der Waals surface area contributed by atoms with Crippen LogP contribution in [0.3, 0.4) is 0 Å². The summed E-state index contributed by atoms with van der Waals surface area (Å²) in [6, 6.07) is 12.3. The van der Waals surface area contributed by atoms with Crippen LogP contribution in [0.15, 0.2) is 42.5 Å². The Labute approximate surface area is 99.1 Å². The Kier molecular flexibility index (Phi) is 3.05. The molecule has 0 saturated heterocycles. The first-order valence-corrected chi connectivity index (χ1v) is 5.12. The molecule has 0 spiro atoms. The molecule has 2 aromatic carbocycles. The van der Waals surface area contributed by atoms with Crippen LogP contribution in [0.4, 0.5) is 11.4 Å². The van der Waals surface area contributed by atoms with E-state index in [9.17, 15) is 10.2 Å². The Morgan fingerprint density at radius 1 is 1.00 bits per heavy atom. The van der Waals surface area contributed by atoms with E-state index in [1.807, 2.05) is 30.3 Å². The number of rotatable bonds is 3. The van der Waals surface area contributed by atoms with Crippen LogP contribution in [0.2, 0.25) is 0 Å². The summed E-state index contributed by atoms with van der Waals surface area (Å²) >= 11 is 0. The molecular weight excluding hydrogens is 218 g/mol. The van der Waals surface area contributed by atoms with Gasteiger partial charge in [-0.2, -0.15) is 0 Å². The lowest BCUT2D eigenvalue weighted by atomic mass is 10.2. The summed E-state index contributed by atoms with van der Waals surface area (Å²) in [6.45, 7) is 0. The van der Waals surface area contributed by atoms with Gasteiger partial charge in [0.05, 0.1) is 12.8 Å². The van der Waals surface area contributed by atoms with Crippen molar-refractivity contribution >= 4 is 11.4 Å². The number of para-hydroxylation sites is 1. The molecule has 0 aromatic heterocycles. The quantitative estimate of drug-likeness (QED) is 0.561. The fourth-order valence-electron chi connectivity index (χ4n) is 1.50. The zero-order valence-corrected chi connectivity index (χ0v) is 9.34. The maximum absolute atomic E-state index is 9.45. The number of phenols is 2. The molecule has 2 aromatic rings. The molecule has 0 amide bonds. The van der Waals surface area contributed by atoms with E-state index < -0.39 is 0 Å². The topological polar surface area (TPSA) is 61.7 Å². The first-order chi connectivity index (χ1) is 8.20. The van der Waals surface area contributed by atoms with E-state index in [1.165, 1.54) is 19.2 Å². The first kappa shape index (κ1) is 11.1. The molecule has 0 saturated carbocycles. The minimum atomic E-state index is -0.208. The van der Waals surface area contributed by atoms with Gasteiger partial charge < -0.3 is 20.3 Å². The van der Waals surface area contributed by atoms with Crippen LogP contribution in [0.5, 0.6) is 17.2 Å². The number of ether oxygens (including phenoxy) is 1. The average molecular weight is 231 g/mol. The summed E-state index contributed by atoms with van der Waals surface area (Å²) in [4.78, 5) is 0. The first-order valence-electron chi connectivity index (χ1n) is 5.12. The molecule has 0 bridgehead atoms. The lowest BCUT2D eigenvalue weighted by molar-refractivity contribution is 0.387. The van der Waals surface area contributed by atoms with E-state index in [4.69, 9.17) is 4.74 Å². The summed E-state index contributed by atoms with van der Waals surface area (Å²) in [6.07, 6.45) is 0. The second-order valence-corrected chi connectivity index (χ2v) is 3.53. The van der Waals surface area contributed by atoms with Gasteiger partial charge in [-0.05, 0) is 12.1 Å². The van der Waals surface area contributed by atoms with Crippen molar-refractivity contribution in [3.63, 3.8) is 0 Å². The lowest BCUT2D eigenvalue weighted by Gasteiger charge is -2.12. The molecule has 0 aliphatic heterocycles. The lowest BCUT2D eigenvalue weighted by Crippen LogP contribution is -1.94. The van der Waals surface area contributed by atoms with Crippen molar-refractivity contribution in [2.75, 3.05) is 12.4 Å². The normalized spacial score (nSPS) is 9.94. The van der Waals surface area contributed by atoms with Crippen LogP contribution in [-0.2, 0) is 0 Å². The minimum absolute atomic E-state index is 0.191. The highest BCUT2D eigenvalue weighted by atomic mass is 16.5. The van der Waals surface area contributed by atoms with Gasteiger partial charge in [0.2, 0.25) is 0 Å². The maximum Gasteiger partial charge on any atom is 0.161 e. The second kappa shape index (κ2) is 4.65. The van der Waals surface area contributed by atoms with Crippen LogP contribution in [0.1, 0.15) is 0 Å². The number of phenolic OH excluding ortho intramolecular Hbond substituents is 2. The molecule has 0 atom stereocenters. The Hall–Kier alpha value is -2.36. The van der Waals surface area contributed by atoms with Crippen molar-refractivity contribution in [1.29, 1.82) is 0 Å². The van der Waals surface area contributed by atoms with Gasteiger partial charge in [0, 0.05) is 17.8 Å². The molecule has 0 aliphatic carbocycles. The van der Waals surface area contributed by atoms with Gasteiger partial charge in [-0.3, -0.25) is 0 Å². The number of nitrogens with one attached hydrogen (secondary N) is 1. The molecule has 2 rings (SSSR count). The number of anilines is 2. The predicted molar refractivity (Wildman–Crippen MR) is 66.0 cm³/mol. The molecule has 4 heteroatoms. The van der Waals surface area contributed by atoms with Gasteiger partial charge >= 0.3 is 0 Å². The van der Waals surface area contributed by atoms with Crippen molar-refractivity contribution in [2.24, 2.45) is 0 Å². The van der Waals surface area contributed by atoms with Gasteiger partial charge in [0.15, 0.2) is 11.5 Å². The molecule has 0 fully saturated rings. The summed E-state index contributed by atoms with van der Waals surface area (Å²) in [5.41, 5.74) is 1.46. The fraction of sp³-hybridized carbons (Fsp3) is 0.0769. The molecule has 0 heterocycles. The monoisotopic (exact) mass is 231 g/mol. The van der Waals surface area contributed by atoms with Gasteiger partial charge in [0.25, 0.3) is 0 Å². The Balaban J connectivity index is 2.35. The van der Waals surface area contributed by atoms with Crippen molar-refractivity contribution in [2.45, 2.75) is 0 Å². The highest BCUT2D eigenvalue weighted by Crippen LogP contribution is 2.37. The number of methoxy groups -OCH3 is 1. The van der Waals surface area contributed by atoms with Crippen LogP contribution in [-0.4, -0.2) is 17.3 Å². The van der Waals surface area contributed by atoms with Crippen molar-refractivity contribution in [3.8, 4) is 17.2 Å². The highest BCUT2D eigenvalue weighted by molar-refractivity contribution is 5.70. The van der Waals surface area contributed by atoms with Crippen LogP contribution >= 0.6 is 0 Å². The van der Waals surface area contributed by atoms with E-state index in [2.05, 4.69) is 5.32 Å². The smallest absolute Gasteiger partial charge is 0.161 e. The number of aromatic hydroxyl groups is 2. The number of hydrogen-bond donors (Lipinski definition) is 3. The molecule has 17 heavy (non-hydrogen) atoms. The van der Waals surface area contributed by atoms with Gasteiger partial charge in [0.1, 0.15) is 5.75 Å². The second-order valence-electron chi connectivity index (χ2n) is 3.53. The molecule has 3 N–H and O–H groups in total. The Morgan fingerprint density at radius 3 is 2.29 bits per heavy atom. The third kappa shape index (κ3) is 2.42. The molecule has 0 aliphatic rings. The van der Waals surface area contributed by atoms with E-state index in [0.717, 1.165) is 5.69 Å². The van der Waals surface area contributed by atoms with Gasteiger partial charge in [-0.25, -0.2) is 0 Å². The number of benzene rings is 2. The Bertz CT molecular complexity index is 512. The van der Waals surface area contributed by atoms with E-state index in [0.29, 0.717) is 11.4 Å². The summed E-state index contributed by atoms with van der Waals surface area (Å²) < 4.78 is 5.12. The standard InChI is InChI=1S/C13H13NO3/c1-17-13-8-12(16)11(15)7-10(13)14-9-5-3-2-4-6-9/h2-8,14-16H,1H3. The van der Waals surface area contributed by atoms with Crippen LogP contribution in [0, 0.1) is 0 Å². The molecule has 0 radical (unpaired) electrons. The van der Waals surface area contributed by atoms with Crippen LogP contribution < -0.4 is 10.1 Å². The minimum Gasteiger partial charge on any atom is -0.504 e. The van der Waals surface area contributed by atoms with Gasteiger partial charge in [-0.1, -0.05) is 18.2 Å². The third-order valence-electron chi connectivity index (χ3n) is 2.35. The Morgan fingerprint density at radius 2 is 1.65 bits per heavy atom. The maximum atomic E-state index is 9.45. The van der Waals surface area contributed by atoms with E-state index in [1.54, 1.807) is 0 Å².